The van der Waals surface area contributed by atoms with Gasteiger partial charge in [-0.05, 0) is 79.9 Å². The first-order valence-electron chi connectivity index (χ1n) is 10.8. The Kier molecular flexibility index (Phi) is 3.72. The highest BCUT2D eigenvalue weighted by Gasteiger charge is 2.49. The van der Waals surface area contributed by atoms with Crippen molar-refractivity contribution < 1.29 is 0 Å². The van der Waals surface area contributed by atoms with Crippen LogP contribution in [0.1, 0.15) is 44.0 Å². The van der Waals surface area contributed by atoms with Gasteiger partial charge in [-0.15, -0.1) is 0 Å². The molecule has 4 bridgehead atoms. The van der Waals surface area contributed by atoms with Crippen molar-refractivity contribution >= 4 is 0 Å². The lowest BCUT2D eigenvalue weighted by Gasteiger charge is -2.54. The predicted octanol–water partition coefficient (Wildman–Crippen LogP) is 5.92. The van der Waals surface area contributed by atoms with Crippen LogP contribution in [0.25, 0.3) is 22.5 Å². The lowest BCUT2D eigenvalue weighted by atomic mass is 9.54. The standard InChI is InChI=1S/C25H27N3/c1-16-26-25(21-9-5-8-20(15-21)19-6-3-2-4-7-19)28(27-16)24-22-11-17-10-18(13-22)14-23(24)12-17/h2-9,15,17-18,22-24H,10-14H2,1H3. The first-order valence-corrected chi connectivity index (χ1v) is 10.8. The molecule has 3 aromatic rings. The Labute approximate surface area is 166 Å². The molecule has 2 aromatic carbocycles. The molecule has 0 N–H and O–H groups in total. The van der Waals surface area contributed by atoms with Gasteiger partial charge in [0.15, 0.2) is 5.82 Å². The minimum Gasteiger partial charge on any atom is -0.242 e. The van der Waals surface area contributed by atoms with E-state index in [9.17, 15) is 0 Å². The van der Waals surface area contributed by atoms with Crippen molar-refractivity contribution in [1.82, 2.24) is 14.8 Å². The number of rotatable bonds is 3. The van der Waals surface area contributed by atoms with E-state index in [4.69, 9.17) is 10.1 Å². The topological polar surface area (TPSA) is 30.7 Å². The zero-order chi connectivity index (χ0) is 18.7. The molecule has 0 unspecified atom stereocenters. The van der Waals surface area contributed by atoms with Crippen LogP contribution in [-0.2, 0) is 0 Å². The van der Waals surface area contributed by atoms with Crippen LogP contribution < -0.4 is 0 Å². The zero-order valence-corrected chi connectivity index (χ0v) is 16.5. The van der Waals surface area contributed by atoms with Crippen molar-refractivity contribution in [1.29, 1.82) is 0 Å². The number of nitrogens with zero attached hydrogens (tertiary/aromatic N) is 3. The average molecular weight is 370 g/mol. The minimum absolute atomic E-state index is 0.546. The predicted molar refractivity (Wildman–Crippen MR) is 112 cm³/mol. The van der Waals surface area contributed by atoms with Crippen molar-refractivity contribution in [2.24, 2.45) is 23.7 Å². The Balaban J connectivity index is 1.42. The van der Waals surface area contributed by atoms with Crippen LogP contribution in [0, 0.1) is 30.6 Å². The van der Waals surface area contributed by atoms with Gasteiger partial charge in [-0.1, -0.05) is 48.5 Å². The van der Waals surface area contributed by atoms with E-state index in [2.05, 4.69) is 59.3 Å². The van der Waals surface area contributed by atoms with Gasteiger partial charge < -0.3 is 0 Å². The van der Waals surface area contributed by atoms with E-state index in [-0.39, 0.29) is 0 Å². The maximum absolute atomic E-state index is 4.94. The maximum atomic E-state index is 4.94. The van der Waals surface area contributed by atoms with Crippen molar-refractivity contribution in [3.8, 4) is 22.5 Å². The summed E-state index contributed by atoms with van der Waals surface area (Å²) in [7, 11) is 0. The third-order valence-electron chi connectivity index (χ3n) is 7.42. The summed E-state index contributed by atoms with van der Waals surface area (Å²) >= 11 is 0. The van der Waals surface area contributed by atoms with E-state index in [1.165, 1.54) is 48.8 Å². The Morgan fingerprint density at radius 1 is 0.750 bits per heavy atom. The Morgan fingerprint density at radius 3 is 2.11 bits per heavy atom. The highest BCUT2D eigenvalue weighted by molar-refractivity contribution is 5.70. The molecule has 0 aliphatic heterocycles. The molecular formula is C25H27N3. The molecular weight excluding hydrogens is 342 g/mol. The van der Waals surface area contributed by atoms with Gasteiger partial charge in [0.25, 0.3) is 0 Å². The summed E-state index contributed by atoms with van der Waals surface area (Å²) in [5, 5.41) is 4.94. The summed E-state index contributed by atoms with van der Waals surface area (Å²) in [5.41, 5.74) is 3.69. The fraction of sp³-hybridized carbons (Fsp3) is 0.440. The quantitative estimate of drug-likeness (QED) is 0.574. The molecule has 4 saturated carbocycles. The maximum Gasteiger partial charge on any atom is 0.158 e. The molecule has 0 amide bonds. The number of hydrogen-bond donors (Lipinski definition) is 0. The van der Waals surface area contributed by atoms with Crippen LogP contribution in [0.15, 0.2) is 54.6 Å². The molecule has 28 heavy (non-hydrogen) atoms. The largest absolute Gasteiger partial charge is 0.242 e. The van der Waals surface area contributed by atoms with Crippen LogP contribution in [0.2, 0.25) is 0 Å². The van der Waals surface area contributed by atoms with Crippen LogP contribution in [-0.4, -0.2) is 14.8 Å². The Hall–Kier alpha value is -2.42. The van der Waals surface area contributed by atoms with Gasteiger partial charge in [-0.3, -0.25) is 0 Å². The number of hydrogen-bond acceptors (Lipinski definition) is 2. The first kappa shape index (κ1) is 16.5. The van der Waals surface area contributed by atoms with Crippen molar-refractivity contribution in [3.63, 3.8) is 0 Å². The molecule has 142 valence electrons. The fourth-order valence-electron chi connectivity index (χ4n) is 6.60. The van der Waals surface area contributed by atoms with E-state index in [0.29, 0.717) is 6.04 Å². The van der Waals surface area contributed by atoms with E-state index in [0.717, 1.165) is 35.3 Å². The molecule has 1 heterocycles. The van der Waals surface area contributed by atoms with Gasteiger partial charge in [0.1, 0.15) is 5.82 Å². The monoisotopic (exact) mass is 369 g/mol. The molecule has 7 rings (SSSR count). The second kappa shape index (κ2) is 6.30. The van der Waals surface area contributed by atoms with Gasteiger partial charge in [0.2, 0.25) is 0 Å². The molecule has 3 heteroatoms. The van der Waals surface area contributed by atoms with Gasteiger partial charge in [0.05, 0.1) is 6.04 Å². The normalized spacial score (nSPS) is 30.7. The molecule has 4 fully saturated rings. The van der Waals surface area contributed by atoms with Crippen molar-refractivity contribution in [2.75, 3.05) is 0 Å². The van der Waals surface area contributed by atoms with E-state index in [1.54, 1.807) is 0 Å². The lowest BCUT2D eigenvalue weighted by Crippen LogP contribution is -2.46. The smallest absolute Gasteiger partial charge is 0.158 e. The highest BCUT2D eigenvalue weighted by Crippen LogP contribution is 2.58. The summed E-state index contributed by atoms with van der Waals surface area (Å²) in [6, 6.07) is 20.0. The van der Waals surface area contributed by atoms with Crippen LogP contribution >= 0.6 is 0 Å². The first-order chi connectivity index (χ1) is 13.7. The van der Waals surface area contributed by atoms with E-state index in [1.807, 2.05) is 6.92 Å². The van der Waals surface area contributed by atoms with Crippen LogP contribution in [0.5, 0.6) is 0 Å². The third kappa shape index (κ3) is 2.63. The SMILES string of the molecule is Cc1nc(-c2cccc(-c3ccccc3)c2)n(C2C3CC4CC(C3)CC2C4)n1. The molecule has 1 aromatic heterocycles. The average Bonchev–Trinajstić information content (AvgIpc) is 3.09. The van der Waals surface area contributed by atoms with Crippen molar-refractivity contribution in [2.45, 2.75) is 45.1 Å². The van der Waals surface area contributed by atoms with E-state index >= 15 is 0 Å². The fourth-order valence-corrected chi connectivity index (χ4v) is 6.60. The summed E-state index contributed by atoms with van der Waals surface area (Å²) < 4.78 is 2.33. The van der Waals surface area contributed by atoms with Gasteiger partial charge >= 0.3 is 0 Å². The molecule has 0 spiro atoms. The summed E-state index contributed by atoms with van der Waals surface area (Å²) in [5.74, 6) is 5.52. The third-order valence-corrected chi connectivity index (χ3v) is 7.42. The number of benzene rings is 2. The molecule has 0 radical (unpaired) electrons. The van der Waals surface area contributed by atoms with Gasteiger partial charge in [0, 0.05) is 5.56 Å². The van der Waals surface area contributed by atoms with E-state index < -0.39 is 0 Å². The highest BCUT2D eigenvalue weighted by atomic mass is 15.4. The lowest BCUT2D eigenvalue weighted by molar-refractivity contribution is -0.0331. The molecule has 0 saturated heterocycles. The Morgan fingerprint density at radius 2 is 1.39 bits per heavy atom. The summed E-state index contributed by atoms with van der Waals surface area (Å²) in [6.45, 7) is 2.04. The number of aromatic nitrogens is 3. The molecule has 4 aliphatic carbocycles. The van der Waals surface area contributed by atoms with Gasteiger partial charge in [-0.2, -0.15) is 5.10 Å². The van der Waals surface area contributed by atoms with Crippen LogP contribution in [0.4, 0.5) is 0 Å². The molecule has 3 nitrogen and oxygen atoms in total. The van der Waals surface area contributed by atoms with Gasteiger partial charge in [-0.25, -0.2) is 9.67 Å². The summed E-state index contributed by atoms with van der Waals surface area (Å²) in [6.07, 6.45) is 7.10. The zero-order valence-electron chi connectivity index (χ0n) is 16.5. The van der Waals surface area contributed by atoms with Crippen molar-refractivity contribution in [3.05, 3.63) is 60.4 Å². The second-order valence-corrected chi connectivity index (χ2v) is 9.30. The minimum atomic E-state index is 0.546. The number of aryl methyl sites for hydroxylation is 1. The molecule has 0 atom stereocenters. The second-order valence-electron chi connectivity index (χ2n) is 9.30. The Bertz CT molecular complexity index is 976. The molecule has 4 aliphatic rings. The summed E-state index contributed by atoms with van der Waals surface area (Å²) in [4.78, 5) is 4.90. The van der Waals surface area contributed by atoms with Crippen LogP contribution in [0.3, 0.4) is 0 Å².